The number of aliphatic hydroxyl groups excluding tert-OH is 1. The molecule has 17 heavy (non-hydrogen) atoms. The highest BCUT2D eigenvalue weighted by molar-refractivity contribution is 5.55. The molecule has 0 unspecified atom stereocenters. The Hall–Kier alpha value is -1.17. The number of anilines is 1. The van der Waals surface area contributed by atoms with Crippen LogP contribution in [0.1, 0.15) is 11.6 Å². The standard InChI is InChI=1S/C12H17FN2O2/c13-9-1-2-12(10(7-9)11(14)8-16)15-3-5-17-6-4-15/h1-2,7,11,16H,3-6,8,14H2/t11-/m0/s1. The van der Waals surface area contributed by atoms with Crippen LogP contribution in [0.5, 0.6) is 0 Å². The molecule has 1 aliphatic heterocycles. The number of halogens is 1. The lowest BCUT2D eigenvalue weighted by Crippen LogP contribution is -2.37. The van der Waals surface area contributed by atoms with Crippen molar-refractivity contribution in [1.82, 2.24) is 0 Å². The molecule has 0 radical (unpaired) electrons. The van der Waals surface area contributed by atoms with Crippen molar-refractivity contribution in [2.24, 2.45) is 5.73 Å². The second-order valence-electron chi connectivity index (χ2n) is 4.09. The minimum absolute atomic E-state index is 0.194. The Morgan fingerprint density at radius 1 is 1.41 bits per heavy atom. The lowest BCUT2D eigenvalue weighted by atomic mass is 10.0. The number of rotatable bonds is 3. The molecule has 0 saturated carbocycles. The summed E-state index contributed by atoms with van der Waals surface area (Å²) >= 11 is 0. The van der Waals surface area contributed by atoms with Gasteiger partial charge in [-0.3, -0.25) is 0 Å². The maximum absolute atomic E-state index is 13.2. The van der Waals surface area contributed by atoms with Gasteiger partial charge in [0.05, 0.1) is 25.9 Å². The lowest BCUT2D eigenvalue weighted by molar-refractivity contribution is 0.122. The third kappa shape index (κ3) is 2.74. The fourth-order valence-corrected chi connectivity index (χ4v) is 2.01. The molecule has 3 N–H and O–H groups in total. The van der Waals surface area contributed by atoms with E-state index in [0.717, 1.165) is 18.8 Å². The van der Waals surface area contributed by atoms with Crippen molar-refractivity contribution < 1.29 is 14.2 Å². The highest BCUT2D eigenvalue weighted by Crippen LogP contribution is 2.26. The summed E-state index contributed by atoms with van der Waals surface area (Å²) in [5.74, 6) is -0.332. The summed E-state index contributed by atoms with van der Waals surface area (Å²) in [5.41, 5.74) is 7.33. The molecule has 0 spiro atoms. The Balaban J connectivity index is 2.30. The largest absolute Gasteiger partial charge is 0.394 e. The molecule has 1 atom stereocenters. The molecule has 1 aromatic rings. The first-order valence-electron chi connectivity index (χ1n) is 5.71. The van der Waals surface area contributed by atoms with Crippen LogP contribution >= 0.6 is 0 Å². The van der Waals surface area contributed by atoms with Crippen molar-refractivity contribution >= 4 is 5.69 Å². The van der Waals surface area contributed by atoms with Crippen LogP contribution in [-0.2, 0) is 4.74 Å². The SMILES string of the molecule is N[C@@H](CO)c1cc(F)ccc1N1CCOCC1. The van der Waals surface area contributed by atoms with Crippen LogP contribution in [0.3, 0.4) is 0 Å². The van der Waals surface area contributed by atoms with Crippen LogP contribution < -0.4 is 10.6 Å². The summed E-state index contributed by atoms with van der Waals surface area (Å²) in [6.07, 6.45) is 0. The van der Waals surface area contributed by atoms with E-state index in [-0.39, 0.29) is 12.4 Å². The zero-order valence-electron chi connectivity index (χ0n) is 9.60. The van der Waals surface area contributed by atoms with Gasteiger partial charge in [0, 0.05) is 18.8 Å². The second-order valence-corrected chi connectivity index (χ2v) is 4.09. The lowest BCUT2D eigenvalue weighted by Gasteiger charge is -2.31. The second kappa shape index (κ2) is 5.44. The topological polar surface area (TPSA) is 58.7 Å². The van der Waals surface area contributed by atoms with Gasteiger partial charge in [0.1, 0.15) is 5.82 Å². The number of hydrogen-bond acceptors (Lipinski definition) is 4. The van der Waals surface area contributed by atoms with Crippen LogP contribution in [0.2, 0.25) is 0 Å². The molecule has 1 aromatic carbocycles. The Labute approximate surface area is 99.8 Å². The molecule has 0 aliphatic carbocycles. The molecule has 0 amide bonds. The van der Waals surface area contributed by atoms with Gasteiger partial charge in [0.2, 0.25) is 0 Å². The van der Waals surface area contributed by atoms with Gasteiger partial charge in [0.15, 0.2) is 0 Å². The van der Waals surface area contributed by atoms with Gasteiger partial charge >= 0.3 is 0 Å². The molecule has 5 heteroatoms. The molecule has 0 bridgehead atoms. The van der Waals surface area contributed by atoms with Crippen LogP contribution in [0, 0.1) is 5.82 Å². The predicted molar refractivity (Wildman–Crippen MR) is 63.4 cm³/mol. The van der Waals surface area contributed by atoms with Gasteiger partial charge in [0.25, 0.3) is 0 Å². The summed E-state index contributed by atoms with van der Waals surface area (Å²) < 4.78 is 18.5. The number of benzene rings is 1. The van der Waals surface area contributed by atoms with Gasteiger partial charge in [-0.15, -0.1) is 0 Å². The molecule has 1 heterocycles. The number of morpholine rings is 1. The summed E-state index contributed by atoms with van der Waals surface area (Å²) in [7, 11) is 0. The summed E-state index contributed by atoms with van der Waals surface area (Å²) in [4.78, 5) is 2.10. The number of aliphatic hydroxyl groups is 1. The monoisotopic (exact) mass is 240 g/mol. The smallest absolute Gasteiger partial charge is 0.123 e. The van der Waals surface area contributed by atoms with Crippen molar-refractivity contribution in [3.63, 3.8) is 0 Å². The third-order valence-corrected chi connectivity index (χ3v) is 2.94. The first-order chi connectivity index (χ1) is 8.22. The van der Waals surface area contributed by atoms with Crippen molar-refractivity contribution in [3.05, 3.63) is 29.6 Å². The van der Waals surface area contributed by atoms with Crippen LogP contribution in [0.4, 0.5) is 10.1 Å². The van der Waals surface area contributed by atoms with E-state index in [1.807, 2.05) is 0 Å². The average molecular weight is 240 g/mol. The average Bonchev–Trinajstić information content (AvgIpc) is 2.38. The van der Waals surface area contributed by atoms with Gasteiger partial charge in [-0.1, -0.05) is 0 Å². The van der Waals surface area contributed by atoms with E-state index in [2.05, 4.69) is 4.90 Å². The minimum Gasteiger partial charge on any atom is -0.394 e. The normalized spacial score (nSPS) is 18.2. The molecule has 1 aliphatic rings. The van der Waals surface area contributed by atoms with E-state index in [1.54, 1.807) is 6.07 Å². The Kier molecular flexibility index (Phi) is 3.93. The zero-order chi connectivity index (χ0) is 12.3. The van der Waals surface area contributed by atoms with E-state index in [1.165, 1.54) is 12.1 Å². The summed E-state index contributed by atoms with van der Waals surface area (Å²) in [6.45, 7) is 2.64. The Bertz CT molecular complexity index is 381. The van der Waals surface area contributed by atoms with Crippen molar-refractivity contribution in [3.8, 4) is 0 Å². The van der Waals surface area contributed by atoms with Gasteiger partial charge in [-0.25, -0.2) is 4.39 Å². The quantitative estimate of drug-likeness (QED) is 0.814. The van der Waals surface area contributed by atoms with E-state index < -0.39 is 6.04 Å². The van der Waals surface area contributed by atoms with Gasteiger partial charge in [-0.2, -0.15) is 0 Å². The summed E-state index contributed by atoms with van der Waals surface area (Å²) in [5, 5.41) is 9.11. The third-order valence-electron chi connectivity index (χ3n) is 2.94. The number of ether oxygens (including phenoxy) is 1. The maximum Gasteiger partial charge on any atom is 0.123 e. The molecule has 1 fully saturated rings. The van der Waals surface area contributed by atoms with Crippen LogP contribution in [0.15, 0.2) is 18.2 Å². The van der Waals surface area contributed by atoms with Crippen molar-refractivity contribution in [2.75, 3.05) is 37.8 Å². The van der Waals surface area contributed by atoms with Gasteiger partial charge in [-0.05, 0) is 23.8 Å². The van der Waals surface area contributed by atoms with E-state index in [0.29, 0.717) is 18.8 Å². The van der Waals surface area contributed by atoms with E-state index in [9.17, 15) is 4.39 Å². The molecule has 1 saturated heterocycles. The first kappa shape index (κ1) is 12.3. The Morgan fingerprint density at radius 2 is 2.12 bits per heavy atom. The van der Waals surface area contributed by atoms with Gasteiger partial charge < -0.3 is 20.5 Å². The fourth-order valence-electron chi connectivity index (χ4n) is 2.01. The van der Waals surface area contributed by atoms with Crippen LogP contribution in [-0.4, -0.2) is 38.0 Å². The van der Waals surface area contributed by atoms with E-state index >= 15 is 0 Å². The Morgan fingerprint density at radius 3 is 2.76 bits per heavy atom. The highest BCUT2D eigenvalue weighted by Gasteiger charge is 2.18. The first-order valence-corrected chi connectivity index (χ1v) is 5.71. The fraction of sp³-hybridized carbons (Fsp3) is 0.500. The maximum atomic E-state index is 13.2. The van der Waals surface area contributed by atoms with Crippen molar-refractivity contribution in [1.29, 1.82) is 0 Å². The van der Waals surface area contributed by atoms with E-state index in [4.69, 9.17) is 15.6 Å². The zero-order valence-corrected chi connectivity index (χ0v) is 9.60. The molecular formula is C12H17FN2O2. The molecule has 0 aromatic heterocycles. The molecule has 2 rings (SSSR count). The molecule has 94 valence electrons. The number of hydrogen-bond donors (Lipinski definition) is 2. The highest BCUT2D eigenvalue weighted by atomic mass is 19.1. The minimum atomic E-state index is -0.552. The number of nitrogens with zero attached hydrogens (tertiary/aromatic N) is 1. The molecule has 4 nitrogen and oxygen atoms in total. The van der Waals surface area contributed by atoms with Crippen LogP contribution in [0.25, 0.3) is 0 Å². The van der Waals surface area contributed by atoms with Crippen molar-refractivity contribution in [2.45, 2.75) is 6.04 Å². The number of nitrogens with two attached hydrogens (primary N) is 1. The molecular weight excluding hydrogens is 223 g/mol. The predicted octanol–water partition coefficient (Wildman–Crippen LogP) is 0.654. The summed E-state index contributed by atoms with van der Waals surface area (Å²) in [6, 6.07) is 3.97.